The molecule has 0 unspecified atom stereocenters. The molecule has 0 saturated heterocycles. The van der Waals surface area contributed by atoms with Crippen molar-refractivity contribution < 1.29 is 17.5 Å². The van der Waals surface area contributed by atoms with Crippen LogP contribution in [0.4, 0.5) is 4.39 Å². The van der Waals surface area contributed by atoms with Crippen LogP contribution < -0.4 is 9.46 Å². The van der Waals surface area contributed by atoms with Gasteiger partial charge in [-0.1, -0.05) is 26.0 Å². The number of methoxy groups -OCH3 is 1. The summed E-state index contributed by atoms with van der Waals surface area (Å²) in [7, 11) is -2.17. The van der Waals surface area contributed by atoms with Crippen LogP contribution in [0, 0.1) is 18.7 Å². The minimum Gasteiger partial charge on any atom is -0.497 e. The minimum atomic E-state index is -3.76. The molecule has 0 saturated carbocycles. The van der Waals surface area contributed by atoms with E-state index in [2.05, 4.69) is 4.72 Å². The van der Waals surface area contributed by atoms with Crippen molar-refractivity contribution in [2.75, 3.05) is 7.11 Å². The number of hydrogen-bond donors (Lipinski definition) is 1. The molecule has 1 atom stereocenters. The smallest absolute Gasteiger partial charge is 0.241 e. The molecule has 0 bridgehead atoms. The Labute approximate surface area is 149 Å². The molecule has 0 aliphatic heterocycles. The van der Waals surface area contributed by atoms with Gasteiger partial charge >= 0.3 is 0 Å². The summed E-state index contributed by atoms with van der Waals surface area (Å²) >= 11 is 0. The maximum Gasteiger partial charge on any atom is 0.241 e. The molecule has 25 heavy (non-hydrogen) atoms. The van der Waals surface area contributed by atoms with Crippen LogP contribution in [-0.2, 0) is 10.0 Å². The Morgan fingerprint density at radius 1 is 1.12 bits per heavy atom. The average molecular weight is 365 g/mol. The van der Waals surface area contributed by atoms with E-state index < -0.39 is 15.8 Å². The summed E-state index contributed by atoms with van der Waals surface area (Å²) in [5, 5.41) is 0. The Balaban J connectivity index is 2.32. The van der Waals surface area contributed by atoms with E-state index in [4.69, 9.17) is 4.74 Å². The van der Waals surface area contributed by atoms with E-state index in [0.717, 1.165) is 5.56 Å². The zero-order valence-corrected chi connectivity index (χ0v) is 15.7. The summed E-state index contributed by atoms with van der Waals surface area (Å²) in [6.07, 6.45) is 0.645. The number of aryl methyl sites for hydroxylation is 1. The zero-order valence-electron chi connectivity index (χ0n) is 14.9. The van der Waals surface area contributed by atoms with Crippen LogP contribution in [0.5, 0.6) is 5.75 Å². The number of halogens is 1. The third kappa shape index (κ3) is 5.03. The van der Waals surface area contributed by atoms with Crippen molar-refractivity contribution in [2.24, 2.45) is 5.92 Å². The van der Waals surface area contributed by atoms with Crippen LogP contribution >= 0.6 is 0 Å². The molecule has 0 fully saturated rings. The van der Waals surface area contributed by atoms with Crippen molar-refractivity contribution in [1.82, 2.24) is 4.72 Å². The lowest BCUT2D eigenvalue weighted by atomic mass is 9.98. The highest BCUT2D eigenvalue weighted by atomic mass is 32.2. The Hall–Kier alpha value is -1.92. The molecule has 0 amide bonds. The van der Waals surface area contributed by atoms with E-state index in [1.54, 1.807) is 26.2 Å². The number of sulfonamides is 1. The van der Waals surface area contributed by atoms with Gasteiger partial charge in [0.25, 0.3) is 0 Å². The number of ether oxygens (including phenoxy) is 1. The van der Waals surface area contributed by atoms with E-state index >= 15 is 0 Å². The minimum absolute atomic E-state index is 0.0636. The second-order valence-corrected chi connectivity index (χ2v) is 8.20. The summed E-state index contributed by atoms with van der Waals surface area (Å²) < 4.78 is 46.8. The van der Waals surface area contributed by atoms with Gasteiger partial charge in [0, 0.05) is 6.04 Å². The van der Waals surface area contributed by atoms with Crippen LogP contribution in [0.3, 0.4) is 0 Å². The lowest BCUT2D eigenvalue weighted by Gasteiger charge is -2.21. The molecule has 6 heteroatoms. The molecule has 0 heterocycles. The summed E-state index contributed by atoms with van der Waals surface area (Å²) in [5.74, 6) is 0.585. The van der Waals surface area contributed by atoms with Crippen molar-refractivity contribution in [3.63, 3.8) is 0 Å². The first kappa shape index (κ1) is 19.4. The van der Waals surface area contributed by atoms with E-state index in [0.29, 0.717) is 23.7 Å². The van der Waals surface area contributed by atoms with Gasteiger partial charge in [-0.15, -0.1) is 0 Å². The molecule has 0 spiro atoms. The number of hydrogen-bond acceptors (Lipinski definition) is 3. The molecule has 2 rings (SSSR count). The molecule has 0 radical (unpaired) electrons. The zero-order chi connectivity index (χ0) is 18.6. The standard InChI is InChI=1S/C19H24FNO3S/c1-13(2)11-19(15-5-7-16(24-4)8-6-15)21-25(22,23)17-9-10-18(20)14(3)12-17/h5-10,12-13,19,21H,11H2,1-4H3/t19-/m1/s1. The normalized spacial score (nSPS) is 13.0. The maximum absolute atomic E-state index is 13.4. The predicted octanol–water partition coefficient (Wildman–Crippen LogP) is 4.21. The number of benzene rings is 2. The lowest BCUT2D eigenvalue weighted by molar-refractivity contribution is 0.414. The van der Waals surface area contributed by atoms with Crippen molar-refractivity contribution in [2.45, 2.75) is 38.1 Å². The summed E-state index contributed by atoms with van der Waals surface area (Å²) in [6, 6.07) is 10.7. The van der Waals surface area contributed by atoms with E-state index in [9.17, 15) is 12.8 Å². The second-order valence-electron chi connectivity index (χ2n) is 6.49. The second kappa shape index (κ2) is 7.97. The van der Waals surface area contributed by atoms with Crippen LogP contribution in [0.25, 0.3) is 0 Å². The topological polar surface area (TPSA) is 55.4 Å². The van der Waals surface area contributed by atoms with Gasteiger partial charge in [0.05, 0.1) is 12.0 Å². The Morgan fingerprint density at radius 2 is 1.76 bits per heavy atom. The van der Waals surface area contributed by atoms with E-state index in [1.165, 1.54) is 18.2 Å². The highest BCUT2D eigenvalue weighted by Crippen LogP contribution is 2.26. The Bertz CT molecular complexity index is 817. The molecule has 2 aromatic rings. The van der Waals surface area contributed by atoms with Gasteiger partial charge in [-0.05, 0) is 60.7 Å². The quantitative estimate of drug-likeness (QED) is 0.800. The van der Waals surface area contributed by atoms with Gasteiger partial charge in [-0.2, -0.15) is 0 Å². The number of nitrogens with one attached hydrogen (secondary N) is 1. The molecule has 0 aromatic heterocycles. The average Bonchev–Trinajstić information content (AvgIpc) is 2.56. The molecule has 2 aromatic carbocycles. The number of rotatable bonds is 7. The third-order valence-corrected chi connectivity index (χ3v) is 5.43. The molecule has 0 aliphatic carbocycles. The molecule has 4 nitrogen and oxygen atoms in total. The first-order valence-electron chi connectivity index (χ1n) is 8.15. The molecular formula is C19H24FNO3S. The fourth-order valence-corrected chi connectivity index (χ4v) is 3.92. The largest absolute Gasteiger partial charge is 0.497 e. The lowest BCUT2D eigenvalue weighted by Crippen LogP contribution is -2.29. The third-order valence-electron chi connectivity index (χ3n) is 3.96. The molecule has 0 aliphatic rings. The molecule has 1 N–H and O–H groups in total. The van der Waals surface area contributed by atoms with Crippen LogP contribution in [-0.4, -0.2) is 15.5 Å². The van der Waals surface area contributed by atoms with Crippen molar-refractivity contribution in [3.05, 3.63) is 59.4 Å². The van der Waals surface area contributed by atoms with E-state index in [-0.39, 0.29) is 10.9 Å². The first-order valence-corrected chi connectivity index (χ1v) is 9.63. The monoisotopic (exact) mass is 365 g/mol. The molecule has 136 valence electrons. The van der Waals surface area contributed by atoms with Crippen molar-refractivity contribution in [3.8, 4) is 5.75 Å². The van der Waals surface area contributed by atoms with Gasteiger partial charge in [0.15, 0.2) is 0 Å². The van der Waals surface area contributed by atoms with Gasteiger partial charge < -0.3 is 4.74 Å². The highest BCUT2D eigenvalue weighted by Gasteiger charge is 2.23. The summed E-state index contributed by atoms with van der Waals surface area (Å²) in [5.41, 5.74) is 1.16. The van der Waals surface area contributed by atoms with Gasteiger partial charge in [-0.25, -0.2) is 17.5 Å². The predicted molar refractivity (Wildman–Crippen MR) is 96.6 cm³/mol. The van der Waals surface area contributed by atoms with Crippen LogP contribution in [0.15, 0.2) is 47.4 Å². The maximum atomic E-state index is 13.4. The van der Waals surface area contributed by atoms with Crippen molar-refractivity contribution >= 4 is 10.0 Å². The van der Waals surface area contributed by atoms with Crippen molar-refractivity contribution in [1.29, 1.82) is 0 Å². The fourth-order valence-electron chi connectivity index (χ4n) is 2.60. The van der Waals surface area contributed by atoms with Crippen LogP contribution in [0.2, 0.25) is 0 Å². The highest BCUT2D eigenvalue weighted by molar-refractivity contribution is 7.89. The van der Waals surface area contributed by atoms with Crippen LogP contribution in [0.1, 0.15) is 37.4 Å². The summed E-state index contributed by atoms with van der Waals surface area (Å²) in [6.45, 7) is 5.61. The van der Waals surface area contributed by atoms with Gasteiger partial charge in [0.1, 0.15) is 11.6 Å². The Morgan fingerprint density at radius 3 is 2.28 bits per heavy atom. The van der Waals surface area contributed by atoms with Gasteiger partial charge in [0.2, 0.25) is 10.0 Å². The Kier molecular flexibility index (Phi) is 6.19. The van der Waals surface area contributed by atoms with Gasteiger partial charge in [-0.3, -0.25) is 0 Å². The molecular weight excluding hydrogens is 341 g/mol. The first-order chi connectivity index (χ1) is 11.7. The summed E-state index contributed by atoms with van der Waals surface area (Å²) in [4.78, 5) is 0.0636. The SMILES string of the molecule is COc1ccc([C@@H](CC(C)C)NS(=O)(=O)c2ccc(F)c(C)c2)cc1. The van der Waals surface area contributed by atoms with E-state index in [1.807, 2.05) is 26.0 Å². The fraction of sp³-hybridized carbons (Fsp3) is 0.368.